The van der Waals surface area contributed by atoms with E-state index in [9.17, 15) is 5.26 Å². The Balaban J connectivity index is 1.56. The van der Waals surface area contributed by atoms with Crippen LogP contribution in [0.15, 0.2) is 29.8 Å². The third-order valence-electron chi connectivity index (χ3n) is 4.46. The summed E-state index contributed by atoms with van der Waals surface area (Å²) in [5, 5.41) is 11.3. The lowest BCUT2D eigenvalue weighted by molar-refractivity contribution is 0.248. The fourth-order valence-electron chi connectivity index (χ4n) is 3.23. The first kappa shape index (κ1) is 16.3. The molecule has 0 radical (unpaired) electrons. The zero-order chi connectivity index (χ0) is 16.1. The quantitative estimate of drug-likeness (QED) is 0.846. The predicted octanol–water partition coefficient (Wildman–Crippen LogP) is 3.15. The van der Waals surface area contributed by atoms with Crippen molar-refractivity contribution < 1.29 is 0 Å². The van der Waals surface area contributed by atoms with Crippen LogP contribution in [-0.4, -0.2) is 40.5 Å². The van der Waals surface area contributed by atoms with Crippen LogP contribution in [0.4, 0.5) is 0 Å². The van der Waals surface area contributed by atoms with E-state index < -0.39 is 0 Å². The van der Waals surface area contributed by atoms with Gasteiger partial charge < -0.3 is 4.57 Å². The Morgan fingerprint density at radius 1 is 1.17 bits per heavy atom. The second kappa shape index (κ2) is 7.78. The fourth-order valence-corrected chi connectivity index (χ4v) is 3.98. The maximum atomic E-state index is 9.18. The van der Waals surface area contributed by atoms with E-state index in [2.05, 4.69) is 46.5 Å². The summed E-state index contributed by atoms with van der Waals surface area (Å²) >= 11 is 1.85. The molecule has 2 aromatic heterocycles. The molecule has 2 aromatic rings. The number of hydrogen-bond acceptors (Lipinski definition) is 4. The molecule has 0 N–H and O–H groups in total. The molecule has 1 aliphatic rings. The van der Waals surface area contributed by atoms with Crippen molar-refractivity contribution in [3.63, 3.8) is 0 Å². The molecule has 0 spiro atoms. The number of hydrogen-bond donors (Lipinski definition) is 0. The molecule has 0 atom stereocenters. The summed E-state index contributed by atoms with van der Waals surface area (Å²) in [7, 11) is 0. The van der Waals surface area contributed by atoms with Crippen LogP contribution in [0.1, 0.15) is 29.5 Å². The highest BCUT2D eigenvalue weighted by atomic mass is 32.1. The Hall–Kier alpha value is -1.61. The zero-order valence-corrected chi connectivity index (χ0v) is 14.6. The molecule has 3 heterocycles. The van der Waals surface area contributed by atoms with Gasteiger partial charge in [0.15, 0.2) is 0 Å². The summed E-state index contributed by atoms with van der Waals surface area (Å²) in [5.74, 6) is 0. The normalized spacial score (nSPS) is 17.0. The van der Waals surface area contributed by atoms with Crippen LogP contribution >= 0.6 is 11.3 Å². The first-order valence-corrected chi connectivity index (χ1v) is 9.22. The molecule has 0 aromatic carbocycles. The van der Waals surface area contributed by atoms with Crippen LogP contribution in [-0.2, 0) is 19.6 Å². The van der Waals surface area contributed by atoms with Crippen molar-refractivity contribution >= 4 is 11.3 Å². The maximum Gasteiger partial charge on any atom is 0.120 e. The Bertz CT molecular complexity index is 653. The summed E-state index contributed by atoms with van der Waals surface area (Å²) in [6.45, 7) is 9.51. The number of nitriles is 1. The van der Waals surface area contributed by atoms with Gasteiger partial charge in [-0.1, -0.05) is 6.07 Å². The van der Waals surface area contributed by atoms with Crippen LogP contribution in [0.5, 0.6) is 0 Å². The fraction of sp³-hybridized carbons (Fsp3) is 0.500. The highest BCUT2D eigenvalue weighted by Gasteiger charge is 2.16. The topological polar surface area (TPSA) is 35.2 Å². The number of aromatic nitrogens is 1. The number of nitrogens with zero attached hydrogens (tertiary/aromatic N) is 4. The van der Waals surface area contributed by atoms with Gasteiger partial charge in [-0.15, -0.1) is 11.3 Å². The zero-order valence-electron chi connectivity index (χ0n) is 13.7. The molecule has 0 aliphatic carbocycles. The van der Waals surface area contributed by atoms with Crippen molar-refractivity contribution in [3.8, 4) is 6.07 Å². The average Bonchev–Trinajstić information content (AvgIpc) is 3.15. The van der Waals surface area contributed by atoms with Gasteiger partial charge in [-0.05, 0) is 49.5 Å². The minimum Gasteiger partial charge on any atom is -0.339 e. The Labute approximate surface area is 142 Å². The van der Waals surface area contributed by atoms with Gasteiger partial charge in [0.05, 0.1) is 0 Å². The highest BCUT2D eigenvalue weighted by molar-refractivity contribution is 7.09. The second-order valence-electron chi connectivity index (χ2n) is 6.12. The summed E-state index contributed by atoms with van der Waals surface area (Å²) in [4.78, 5) is 6.53. The van der Waals surface area contributed by atoms with Crippen molar-refractivity contribution in [2.45, 2.75) is 33.0 Å². The summed E-state index contributed by atoms with van der Waals surface area (Å²) in [5.41, 5.74) is 2.03. The molecule has 1 fully saturated rings. The highest BCUT2D eigenvalue weighted by Crippen LogP contribution is 2.16. The van der Waals surface area contributed by atoms with Gasteiger partial charge in [0.2, 0.25) is 0 Å². The minimum atomic E-state index is 0.775. The molecule has 0 amide bonds. The molecule has 122 valence electrons. The summed E-state index contributed by atoms with van der Waals surface area (Å²) < 4.78 is 2.04. The number of thiophene rings is 1. The van der Waals surface area contributed by atoms with Crippen molar-refractivity contribution in [2.75, 3.05) is 26.2 Å². The van der Waals surface area contributed by atoms with Gasteiger partial charge in [0.25, 0.3) is 0 Å². The average molecular weight is 328 g/mol. The minimum absolute atomic E-state index is 0.775. The lowest BCUT2D eigenvalue weighted by Gasteiger charge is -2.21. The molecule has 0 saturated carbocycles. The van der Waals surface area contributed by atoms with Crippen LogP contribution in [0.2, 0.25) is 0 Å². The molecule has 0 unspecified atom stereocenters. The van der Waals surface area contributed by atoms with Crippen molar-refractivity contribution in [2.24, 2.45) is 0 Å². The van der Waals surface area contributed by atoms with Gasteiger partial charge in [0, 0.05) is 43.8 Å². The van der Waals surface area contributed by atoms with E-state index in [1.165, 1.54) is 23.4 Å². The molecule has 1 aliphatic heterocycles. The molecular weight excluding hydrogens is 304 g/mol. The van der Waals surface area contributed by atoms with Gasteiger partial charge in [0.1, 0.15) is 11.8 Å². The van der Waals surface area contributed by atoms with Gasteiger partial charge in [-0.25, -0.2) is 0 Å². The Morgan fingerprint density at radius 3 is 2.57 bits per heavy atom. The third-order valence-corrected chi connectivity index (χ3v) is 5.32. The lowest BCUT2D eigenvalue weighted by atomic mass is 10.3. The monoisotopic (exact) mass is 328 g/mol. The number of rotatable bonds is 5. The predicted molar refractivity (Wildman–Crippen MR) is 94.3 cm³/mol. The van der Waals surface area contributed by atoms with Crippen molar-refractivity contribution in [1.82, 2.24) is 14.4 Å². The second-order valence-corrected chi connectivity index (χ2v) is 7.15. The third kappa shape index (κ3) is 4.23. The lowest BCUT2D eigenvalue weighted by Crippen LogP contribution is -2.30. The SMILES string of the molecule is CCn1cc(CN2CCCN(Cc3cccs3)CC2)cc1C#N. The molecule has 3 rings (SSSR count). The van der Waals surface area contributed by atoms with E-state index in [4.69, 9.17) is 0 Å². The molecular formula is C18H24N4S. The molecule has 23 heavy (non-hydrogen) atoms. The molecule has 0 bridgehead atoms. The van der Waals surface area contributed by atoms with Crippen molar-refractivity contribution in [3.05, 3.63) is 45.9 Å². The Morgan fingerprint density at radius 2 is 1.96 bits per heavy atom. The first-order valence-electron chi connectivity index (χ1n) is 8.34. The smallest absolute Gasteiger partial charge is 0.120 e. The van der Waals surface area contributed by atoms with E-state index in [0.29, 0.717) is 0 Å². The molecule has 4 nitrogen and oxygen atoms in total. The maximum absolute atomic E-state index is 9.18. The van der Waals surface area contributed by atoms with Crippen LogP contribution in [0, 0.1) is 11.3 Å². The van der Waals surface area contributed by atoms with Crippen LogP contribution in [0.25, 0.3) is 0 Å². The number of aryl methyl sites for hydroxylation is 1. The van der Waals surface area contributed by atoms with E-state index in [-0.39, 0.29) is 0 Å². The summed E-state index contributed by atoms with van der Waals surface area (Å²) in [6, 6.07) is 8.69. The van der Waals surface area contributed by atoms with E-state index in [1.807, 2.05) is 22.0 Å². The van der Waals surface area contributed by atoms with E-state index in [1.54, 1.807) is 0 Å². The van der Waals surface area contributed by atoms with Crippen LogP contribution < -0.4 is 0 Å². The van der Waals surface area contributed by atoms with E-state index >= 15 is 0 Å². The molecule has 5 heteroatoms. The standard InChI is InChI=1S/C18H24N4S/c1-2-22-14-16(11-17(22)12-19)13-20-6-4-7-21(9-8-20)15-18-5-3-10-23-18/h3,5,10-11,14H,2,4,6-9,13,15H2,1H3. The largest absolute Gasteiger partial charge is 0.339 e. The van der Waals surface area contributed by atoms with Gasteiger partial charge >= 0.3 is 0 Å². The first-order chi connectivity index (χ1) is 11.3. The van der Waals surface area contributed by atoms with Crippen molar-refractivity contribution in [1.29, 1.82) is 5.26 Å². The Kier molecular flexibility index (Phi) is 5.50. The van der Waals surface area contributed by atoms with E-state index in [0.717, 1.165) is 45.0 Å². The summed E-state index contributed by atoms with van der Waals surface area (Å²) in [6.07, 6.45) is 3.35. The molecule has 1 saturated heterocycles. The van der Waals surface area contributed by atoms with Gasteiger partial charge in [-0.3, -0.25) is 9.80 Å². The van der Waals surface area contributed by atoms with Gasteiger partial charge in [-0.2, -0.15) is 5.26 Å². The van der Waals surface area contributed by atoms with Crippen LogP contribution in [0.3, 0.4) is 0 Å².